The van der Waals surface area contributed by atoms with E-state index in [1.807, 2.05) is 4.57 Å². The molecule has 0 bridgehead atoms. The molecule has 0 unspecified atom stereocenters. The smallest absolute Gasteiger partial charge is 0.224 e. The van der Waals surface area contributed by atoms with Gasteiger partial charge in [0.2, 0.25) is 5.95 Å². The molecule has 1 saturated heterocycles. The summed E-state index contributed by atoms with van der Waals surface area (Å²) in [5, 5.41) is 13.7. The Bertz CT molecular complexity index is 621. The van der Waals surface area contributed by atoms with Crippen molar-refractivity contribution in [3.63, 3.8) is 0 Å². The van der Waals surface area contributed by atoms with Gasteiger partial charge in [0.1, 0.15) is 5.52 Å². The minimum absolute atomic E-state index is 0.111. The molecule has 0 aromatic carbocycles. The highest BCUT2D eigenvalue weighted by Gasteiger charge is 2.36. The molecule has 19 heavy (non-hydrogen) atoms. The Hall–Kier alpha value is -1.93. The molecule has 1 aliphatic rings. The van der Waals surface area contributed by atoms with Gasteiger partial charge in [-0.05, 0) is 19.9 Å². The molecule has 8 heteroatoms. The van der Waals surface area contributed by atoms with Crippen molar-refractivity contribution in [2.45, 2.75) is 25.0 Å². The number of hydrogen-bond donors (Lipinski definition) is 4. The van der Waals surface area contributed by atoms with Gasteiger partial charge in [0.05, 0.1) is 18.0 Å². The molecule has 8 nitrogen and oxygen atoms in total. The lowest BCUT2D eigenvalue weighted by Crippen LogP contribution is -2.50. The maximum atomic E-state index is 10.5. The number of nitrogens with one attached hydrogen (secondary N) is 1. The van der Waals surface area contributed by atoms with E-state index >= 15 is 0 Å². The summed E-state index contributed by atoms with van der Waals surface area (Å²) in [6.45, 7) is 3.15. The van der Waals surface area contributed by atoms with Gasteiger partial charge in [-0.15, -0.1) is 0 Å². The van der Waals surface area contributed by atoms with Crippen molar-refractivity contribution in [1.29, 1.82) is 0 Å². The van der Waals surface area contributed by atoms with Gasteiger partial charge in [0, 0.05) is 6.54 Å². The molecule has 3 rings (SSSR count). The molecule has 3 heterocycles. The molecular weight excluding hydrogens is 246 g/mol. The second-order valence-electron chi connectivity index (χ2n) is 5.13. The number of nitrogen functional groups attached to an aromatic ring is 2. The average Bonchev–Trinajstić information content (AvgIpc) is 2.72. The monoisotopic (exact) mass is 263 g/mol. The van der Waals surface area contributed by atoms with Crippen LogP contribution < -0.4 is 16.8 Å². The minimum Gasteiger partial charge on any atom is -0.387 e. The van der Waals surface area contributed by atoms with Crippen molar-refractivity contribution >= 4 is 22.9 Å². The van der Waals surface area contributed by atoms with Crippen molar-refractivity contribution in [1.82, 2.24) is 24.8 Å². The average molecular weight is 263 g/mol. The molecule has 102 valence electrons. The normalized spacial score (nSPS) is 27.8. The van der Waals surface area contributed by atoms with Crippen LogP contribution in [0.4, 0.5) is 11.8 Å². The molecule has 0 aliphatic carbocycles. The maximum Gasteiger partial charge on any atom is 0.224 e. The number of nitrogens with zero attached hydrogens (tertiary/aromatic N) is 4. The third-order valence-electron chi connectivity index (χ3n) is 3.60. The molecule has 1 fully saturated rings. The summed E-state index contributed by atoms with van der Waals surface area (Å²) >= 11 is 0. The Morgan fingerprint density at radius 2 is 2.26 bits per heavy atom. The number of anilines is 2. The standard InChI is InChI=1S/C11H17N7O/c1-11(19)4-14-3-2-6(11)18-5-15-7-8(12)16-10(13)17-9(7)18/h5-6,14,19H,2-4H2,1H3,(H4,12,13,16,17)/t6-,11-/m1/s1. The molecule has 0 spiro atoms. The Labute approximate surface area is 109 Å². The number of nitrogens with two attached hydrogens (primary N) is 2. The van der Waals surface area contributed by atoms with E-state index in [0.29, 0.717) is 17.7 Å². The van der Waals surface area contributed by atoms with E-state index in [1.165, 1.54) is 0 Å². The van der Waals surface area contributed by atoms with Crippen molar-refractivity contribution in [2.24, 2.45) is 0 Å². The topological polar surface area (TPSA) is 128 Å². The van der Waals surface area contributed by atoms with Gasteiger partial charge < -0.3 is 26.5 Å². The summed E-state index contributed by atoms with van der Waals surface area (Å²) in [6.07, 6.45) is 2.42. The second-order valence-corrected chi connectivity index (χ2v) is 5.13. The zero-order valence-electron chi connectivity index (χ0n) is 10.7. The van der Waals surface area contributed by atoms with Gasteiger partial charge in [0.15, 0.2) is 11.5 Å². The first kappa shape index (κ1) is 12.1. The number of aliphatic hydroxyl groups is 1. The third kappa shape index (κ3) is 1.89. The summed E-state index contributed by atoms with van der Waals surface area (Å²) in [5.74, 6) is 0.371. The molecular formula is C11H17N7O. The summed E-state index contributed by atoms with van der Waals surface area (Å²) in [7, 11) is 0. The van der Waals surface area contributed by atoms with Gasteiger partial charge in [-0.2, -0.15) is 9.97 Å². The van der Waals surface area contributed by atoms with E-state index in [0.717, 1.165) is 13.0 Å². The van der Waals surface area contributed by atoms with Gasteiger partial charge in [-0.3, -0.25) is 0 Å². The summed E-state index contributed by atoms with van der Waals surface area (Å²) < 4.78 is 1.84. The number of aromatic nitrogens is 4. The van der Waals surface area contributed by atoms with E-state index in [2.05, 4.69) is 20.3 Å². The number of fused-ring (bicyclic) bond motifs is 1. The Balaban J connectivity index is 2.15. The van der Waals surface area contributed by atoms with E-state index < -0.39 is 5.60 Å². The first-order valence-electron chi connectivity index (χ1n) is 6.17. The number of imidazole rings is 1. The van der Waals surface area contributed by atoms with E-state index in [1.54, 1.807) is 13.3 Å². The maximum absolute atomic E-state index is 10.5. The number of β-amino-alcohol motifs (C(OH)–C–C–N with tert-alkyl or cyclic N) is 1. The van der Waals surface area contributed by atoms with Crippen LogP contribution in [0, 0.1) is 0 Å². The van der Waals surface area contributed by atoms with E-state index in [-0.39, 0.29) is 17.8 Å². The third-order valence-corrected chi connectivity index (χ3v) is 3.60. The van der Waals surface area contributed by atoms with Crippen LogP contribution in [0.1, 0.15) is 19.4 Å². The van der Waals surface area contributed by atoms with E-state index in [9.17, 15) is 5.11 Å². The summed E-state index contributed by atoms with van der Waals surface area (Å²) in [6, 6.07) is -0.118. The number of rotatable bonds is 1. The zero-order valence-corrected chi connectivity index (χ0v) is 10.7. The SMILES string of the molecule is C[C@@]1(O)CNCC[C@H]1n1cnc2c(N)nc(N)nc21. The van der Waals surface area contributed by atoms with Crippen molar-refractivity contribution in [2.75, 3.05) is 24.6 Å². The Morgan fingerprint density at radius 1 is 1.47 bits per heavy atom. The molecule has 0 amide bonds. The predicted octanol–water partition coefficient (Wildman–Crippen LogP) is -0.724. The fraction of sp³-hybridized carbons (Fsp3) is 0.545. The first-order chi connectivity index (χ1) is 8.99. The molecule has 0 radical (unpaired) electrons. The second kappa shape index (κ2) is 4.04. The number of piperidine rings is 1. The highest BCUT2D eigenvalue weighted by molar-refractivity contribution is 5.82. The lowest BCUT2D eigenvalue weighted by Gasteiger charge is -2.38. The highest BCUT2D eigenvalue weighted by atomic mass is 16.3. The zero-order chi connectivity index (χ0) is 13.6. The van der Waals surface area contributed by atoms with Crippen LogP contribution in [-0.4, -0.2) is 43.3 Å². The number of hydrogen-bond acceptors (Lipinski definition) is 7. The van der Waals surface area contributed by atoms with Crippen molar-refractivity contribution in [3.8, 4) is 0 Å². The molecule has 0 saturated carbocycles. The Morgan fingerprint density at radius 3 is 3.00 bits per heavy atom. The predicted molar refractivity (Wildman–Crippen MR) is 71.3 cm³/mol. The lowest BCUT2D eigenvalue weighted by molar-refractivity contribution is -0.0115. The van der Waals surface area contributed by atoms with Crippen LogP contribution in [-0.2, 0) is 0 Å². The van der Waals surface area contributed by atoms with Gasteiger partial charge in [0.25, 0.3) is 0 Å². The van der Waals surface area contributed by atoms with Crippen LogP contribution in [0.5, 0.6) is 0 Å². The molecule has 1 aliphatic heterocycles. The largest absolute Gasteiger partial charge is 0.387 e. The van der Waals surface area contributed by atoms with Crippen LogP contribution in [0.3, 0.4) is 0 Å². The van der Waals surface area contributed by atoms with Crippen molar-refractivity contribution in [3.05, 3.63) is 6.33 Å². The quantitative estimate of drug-likeness (QED) is 0.534. The fourth-order valence-corrected chi connectivity index (χ4v) is 2.63. The van der Waals surface area contributed by atoms with Crippen molar-refractivity contribution < 1.29 is 5.11 Å². The van der Waals surface area contributed by atoms with Crippen LogP contribution in [0.25, 0.3) is 11.2 Å². The minimum atomic E-state index is -0.875. The van der Waals surface area contributed by atoms with E-state index in [4.69, 9.17) is 11.5 Å². The van der Waals surface area contributed by atoms with Crippen LogP contribution >= 0.6 is 0 Å². The molecule has 2 aromatic heterocycles. The van der Waals surface area contributed by atoms with Gasteiger partial charge in [-0.25, -0.2) is 4.98 Å². The Kier molecular flexibility index (Phi) is 2.58. The fourth-order valence-electron chi connectivity index (χ4n) is 2.63. The summed E-state index contributed by atoms with van der Waals surface area (Å²) in [4.78, 5) is 12.3. The van der Waals surface area contributed by atoms with Crippen LogP contribution in [0.15, 0.2) is 6.33 Å². The first-order valence-corrected chi connectivity index (χ1v) is 6.17. The summed E-state index contributed by atoms with van der Waals surface area (Å²) in [5.41, 5.74) is 11.6. The molecule has 2 aromatic rings. The van der Waals surface area contributed by atoms with Gasteiger partial charge in [-0.1, -0.05) is 0 Å². The van der Waals surface area contributed by atoms with Crippen LogP contribution in [0.2, 0.25) is 0 Å². The lowest BCUT2D eigenvalue weighted by atomic mass is 9.90. The molecule has 2 atom stereocenters. The molecule has 6 N–H and O–H groups in total. The van der Waals surface area contributed by atoms with Gasteiger partial charge >= 0.3 is 0 Å². The highest BCUT2D eigenvalue weighted by Crippen LogP contribution is 2.31.